The highest BCUT2D eigenvalue weighted by atomic mass is 32.1. The summed E-state index contributed by atoms with van der Waals surface area (Å²) >= 11 is 3.65. The zero-order valence-corrected chi connectivity index (χ0v) is 38.5. The van der Waals surface area contributed by atoms with Crippen molar-refractivity contribution in [2.45, 2.75) is 45.7 Å². The molecule has 8 aromatic rings. The summed E-state index contributed by atoms with van der Waals surface area (Å²) in [6.07, 6.45) is 8.62. The van der Waals surface area contributed by atoms with E-state index in [1.807, 2.05) is 48.0 Å². The number of hydrogen-bond donors (Lipinski definition) is 3. The van der Waals surface area contributed by atoms with Crippen LogP contribution < -0.4 is 9.80 Å². The van der Waals surface area contributed by atoms with Crippen LogP contribution in [0.25, 0.3) is 65.0 Å². The van der Waals surface area contributed by atoms with Crippen molar-refractivity contribution < 1.29 is 14.6 Å². The molecule has 338 valence electrons. The van der Waals surface area contributed by atoms with Crippen molar-refractivity contribution >= 4 is 76.5 Å². The van der Waals surface area contributed by atoms with Gasteiger partial charge in [0.1, 0.15) is 0 Å². The predicted octanol–water partition coefficient (Wildman–Crippen LogP) is 7.58. The zero-order valence-electron chi connectivity index (χ0n) is 36.9. The topological polar surface area (TPSA) is 161 Å². The van der Waals surface area contributed by atoms with Gasteiger partial charge in [0.25, 0.3) is 0 Å². The Morgan fingerprint density at radius 1 is 0.646 bits per heavy atom. The third-order valence-corrected chi connectivity index (χ3v) is 15.5. The van der Waals surface area contributed by atoms with E-state index in [1.165, 1.54) is 40.4 Å². The van der Waals surface area contributed by atoms with Crippen LogP contribution in [0.2, 0.25) is 0 Å². The maximum absolute atomic E-state index is 9.60. The molecule has 65 heavy (non-hydrogen) atoms. The third kappa shape index (κ3) is 9.07. The number of benzene rings is 2. The molecule has 0 amide bonds. The molecule has 4 saturated heterocycles. The Bertz CT molecular complexity index is 2900. The standard InChI is InChI=1S/C24H28N6O2S.C24H28N6OS/c31-15-16-3-2-6-29(13-16)14-17-11-21-22(33-17)24(30-7-9-32-10-8-30)27-23(26-21)18-4-1-5-20-19(18)12-25-28-20;1-16-4-3-7-29(14-16)15-17-12-21-22(32-17)24(30-8-10-31-11-9-30)27-23(26-21)18-5-2-6-20-19(18)13-25-28-20/h1,4-5,11-12,16,31H,2-3,6-10,13-15H2,(H,25,28);2,5-6,12-13,16H,3-4,7-11,14-15H2,1H3,(H,25,28). The SMILES string of the molecule is CC1CCCN(Cc2cc3nc(-c4cccc5[nH]ncc45)nc(N4CCOCC4)c3s2)C1.OCC1CCCN(Cc2cc3nc(-c4cccc5[nH]ncc45)nc(N4CCOCC4)c3s2)C1. The number of nitrogens with one attached hydrogen (secondary N) is 2. The lowest BCUT2D eigenvalue weighted by Gasteiger charge is -2.31. The molecule has 15 nitrogen and oxygen atoms in total. The Balaban J connectivity index is 0.000000144. The maximum atomic E-state index is 9.60. The largest absolute Gasteiger partial charge is 0.396 e. The Kier molecular flexibility index (Phi) is 12.4. The van der Waals surface area contributed by atoms with E-state index in [4.69, 9.17) is 29.4 Å². The van der Waals surface area contributed by atoms with E-state index in [-0.39, 0.29) is 6.61 Å². The zero-order chi connectivity index (χ0) is 43.7. The van der Waals surface area contributed by atoms with Crippen molar-refractivity contribution in [1.82, 2.24) is 50.1 Å². The van der Waals surface area contributed by atoms with Gasteiger partial charge in [-0.2, -0.15) is 10.2 Å². The molecule has 4 aliphatic heterocycles. The minimum atomic E-state index is 0.276. The van der Waals surface area contributed by atoms with Gasteiger partial charge in [0.2, 0.25) is 0 Å². The molecule has 2 atom stereocenters. The Morgan fingerprint density at radius 2 is 1.15 bits per heavy atom. The number of aliphatic hydroxyl groups is 1. The molecular weight excluding hydrogens is 857 g/mol. The first kappa shape index (κ1) is 42.5. The van der Waals surface area contributed by atoms with Crippen LogP contribution >= 0.6 is 22.7 Å². The van der Waals surface area contributed by atoms with Gasteiger partial charge in [0.15, 0.2) is 23.3 Å². The number of rotatable bonds is 9. The fourth-order valence-corrected chi connectivity index (χ4v) is 12.3. The average molecular weight is 913 g/mol. The number of ether oxygens (including phenoxy) is 2. The number of aromatic amines is 2. The number of piperidine rings is 2. The van der Waals surface area contributed by atoms with Crippen LogP contribution in [-0.4, -0.2) is 141 Å². The molecule has 3 N–H and O–H groups in total. The van der Waals surface area contributed by atoms with E-state index in [9.17, 15) is 5.11 Å². The summed E-state index contributed by atoms with van der Waals surface area (Å²) < 4.78 is 13.5. The smallest absolute Gasteiger partial charge is 0.162 e. The molecule has 12 rings (SSSR count). The molecule has 10 heterocycles. The number of hydrogen-bond acceptors (Lipinski definition) is 15. The number of thiophene rings is 2. The molecule has 0 aliphatic carbocycles. The fraction of sp³-hybridized carbons (Fsp3) is 0.458. The van der Waals surface area contributed by atoms with Crippen LogP contribution in [0.5, 0.6) is 0 Å². The summed E-state index contributed by atoms with van der Waals surface area (Å²) in [5.74, 6) is 4.71. The number of aliphatic hydroxyl groups excluding tert-OH is 1. The van der Waals surface area contributed by atoms with Crippen LogP contribution in [0.3, 0.4) is 0 Å². The lowest BCUT2D eigenvalue weighted by atomic mass is 9.99. The molecular formula is C48H56N12O3S2. The Hall–Kier alpha value is -5.14. The Labute approximate surface area is 385 Å². The highest BCUT2D eigenvalue weighted by Crippen LogP contribution is 2.39. The number of nitrogens with zero attached hydrogens (tertiary/aromatic N) is 10. The molecule has 4 aliphatic rings. The highest BCUT2D eigenvalue weighted by Gasteiger charge is 2.26. The van der Waals surface area contributed by atoms with Gasteiger partial charge in [-0.3, -0.25) is 20.0 Å². The summed E-state index contributed by atoms with van der Waals surface area (Å²) in [4.78, 5) is 32.7. The van der Waals surface area contributed by atoms with E-state index in [1.54, 1.807) is 11.3 Å². The lowest BCUT2D eigenvalue weighted by Crippen LogP contribution is -2.36. The second-order valence-electron chi connectivity index (χ2n) is 18.0. The summed E-state index contributed by atoms with van der Waals surface area (Å²) in [5, 5.41) is 26.2. The lowest BCUT2D eigenvalue weighted by molar-refractivity contribution is 0.116. The van der Waals surface area contributed by atoms with Gasteiger partial charge in [0.05, 0.1) is 70.3 Å². The molecule has 4 fully saturated rings. The summed E-state index contributed by atoms with van der Waals surface area (Å²) in [6, 6.07) is 16.8. The van der Waals surface area contributed by atoms with Crippen molar-refractivity contribution in [3.8, 4) is 22.8 Å². The minimum Gasteiger partial charge on any atom is -0.396 e. The van der Waals surface area contributed by atoms with Gasteiger partial charge >= 0.3 is 0 Å². The van der Waals surface area contributed by atoms with Crippen LogP contribution in [0.4, 0.5) is 11.6 Å². The second-order valence-corrected chi connectivity index (χ2v) is 20.3. The number of likely N-dealkylation sites (tertiary alicyclic amines) is 2. The summed E-state index contributed by atoms with van der Waals surface area (Å²) in [5.41, 5.74) is 6.04. The van der Waals surface area contributed by atoms with Crippen LogP contribution in [-0.2, 0) is 22.6 Å². The molecule has 0 saturated carbocycles. The normalized spacial score (nSPS) is 20.3. The van der Waals surface area contributed by atoms with Gasteiger partial charge in [-0.15, -0.1) is 22.7 Å². The third-order valence-electron chi connectivity index (χ3n) is 13.2. The molecule has 17 heteroatoms. The number of anilines is 2. The van der Waals surface area contributed by atoms with E-state index >= 15 is 0 Å². The minimum absolute atomic E-state index is 0.276. The van der Waals surface area contributed by atoms with Crippen molar-refractivity contribution in [3.05, 3.63) is 70.7 Å². The van der Waals surface area contributed by atoms with E-state index in [2.05, 4.69) is 71.2 Å². The van der Waals surface area contributed by atoms with E-state index < -0.39 is 0 Å². The highest BCUT2D eigenvalue weighted by molar-refractivity contribution is 7.20. The first-order chi connectivity index (χ1) is 32.0. The number of aromatic nitrogens is 8. The summed E-state index contributed by atoms with van der Waals surface area (Å²) in [7, 11) is 0. The molecule has 6 aromatic heterocycles. The van der Waals surface area contributed by atoms with Gasteiger partial charge in [-0.25, -0.2) is 19.9 Å². The van der Waals surface area contributed by atoms with Gasteiger partial charge < -0.3 is 24.4 Å². The van der Waals surface area contributed by atoms with Crippen LogP contribution in [0, 0.1) is 11.8 Å². The molecule has 0 spiro atoms. The van der Waals surface area contributed by atoms with Gasteiger partial charge in [-0.05, 0) is 74.9 Å². The monoisotopic (exact) mass is 912 g/mol. The molecule has 0 bridgehead atoms. The van der Waals surface area contributed by atoms with E-state index in [0.717, 1.165) is 156 Å². The first-order valence-electron chi connectivity index (χ1n) is 23.2. The number of fused-ring (bicyclic) bond motifs is 4. The molecule has 2 unspecified atom stereocenters. The fourth-order valence-electron chi connectivity index (χ4n) is 9.95. The number of morpholine rings is 2. The van der Waals surface area contributed by atoms with Gasteiger partial charge in [0, 0.05) is 90.6 Å². The van der Waals surface area contributed by atoms with Crippen molar-refractivity contribution in [1.29, 1.82) is 0 Å². The van der Waals surface area contributed by atoms with Crippen LogP contribution in [0.15, 0.2) is 60.9 Å². The second kappa shape index (κ2) is 19.0. The average Bonchev–Trinajstić information content (AvgIpc) is 4.18. The molecule has 0 radical (unpaired) electrons. The Morgan fingerprint density at radius 3 is 1.66 bits per heavy atom. The molecule has 2 aromatic carbocycles. The van der Waals surface area contributed by atoms with Crippen LogP contribution in [0.1, 0.15) is 42.4 Å². The summed E-state index contributed by atoms with van der Waals surface area (Å²) in [6.45, 7) is 15.2. The first-order valence-corrected chi connectivity index (χ1v) is 24.8. The van der Waals surface area contributed by atoms with Crippen molar-refractivity contribution in [2.75, 3.05) is 95.2 Å². The predicted molar refractivity (Wildman–Crippen MR) is 260 cm³/mol. The quantitative estimate of drug-likeness (QED) is 0.130. The number of H-pyrrole nitrogens is 2. The van der Waals surface area contributed by atoms with Gasteiger partial charge in [-0.1, -0.05) is 31.2 Å². The maximum Gasteiger partial charge on any atom is 0.162 e. The van der Waals surface area contributed by atoms with Crippen molar-refractivity contribution in [2.24, 2.45) is 11.8 Å². The van der Waals surface area contributed by atoms with Crippen molar-refractivity contribution in [3.63, 3.8) is 0 Å². The van der Waals surface area contributed by atoms with E-state index in [0.29, 0.717) is 19.1 Å².